The van der Waals surface area contributed by atoms with Crippen LogP contribution < -0.4 is 0 Å². The highest BCUT2D eigenvalue weighted by atomic mass is 79.9. The minimum Gasteiger partial charge on any atom is -0.0887 e. The van der Waals surface area contributed by atoms with E-state index in [1.165, 1.54) is 24.0 Å². The van der Waals surface area contributed by atoms with Crippen molar-refractivity contribution in [3.63, 3.8) is 0 Å². The van der Waals surface area contributed by atoms with Crippen molar-refractivity contribution >= 4 is 15.9 Å². The topological polar surface area (TPSA) is 0 Å². The van der Waals surface area contributed by atoms with Gasteiger partial charge in [0.15, 0.2) is 0 Å². The number of hydrogen-bond donors (Lipinski definition) is 0. The molecule has 0 spiro atoms. The summed E-state index contributed by atoms with van der Waals surface area (Å²) in [4.78, 5) is 0.541. The van der Waals surface area contributed by atoms with Crippen molar-refractivity contribution in [2.24, 2.45) is 0 Å². The molecule has 0 heterocycles. The molecule has 0 amide bonds. The standard InChI is InChI=1S/C13H19Br/c1-4-6-12-7-5-8-13(9-12)10(2)11(3)14/h5,7-11H,4,6H2,1-3H3. The van der Waals surface area contributed by atoms with Crippen LogP contribution in [0.4, 0.5) is 0 Å². The lowest BCUT2D eigenvalue weighted by Gasteiger charge is -2.15. The van der Waals surface area contributed by atoms with Gasteiger partial charge >= 0.3 is 0 Å². The highest BCUT2D eigenvalue weighted by molar-refractivity contribution is 9.09. The first-order valence-corrected chi connectivity index (χ1v) is 6.29. The van der Waals surface area contributed by atoms with Gasteiger partial charge < -0.3 is 0 Å². The highest BCUT2D eigenvalue weighted by Crippen LogP contribution is 2.24. The van der Waals surface area contributed by atoms with Crippen LogP contribution in [0.25, 0.3) is 0 Å². The van der Waals surface area contributed by atoms with Gasteiger partial charge in [0.1, 0.15) is 0 Å². The van der Waals surface area contributed by atoms with E-state index >= 15 is 0 Å². The molecule has 0 aliphatic carbocycles. The van der Waals surface area contributed by atoms with E-state index in [1.54, 1.807) is 0 Å². The van der Waals surface area contributed by atoms with Gasteiger partial charge in [0.05, 0.1) is 0 Å². The first kappa shape index (κ1) is 11.8. The SMILES string of the molecule is CCCc1cccc(C(C)C(C)Br)c1. The molecular weight excluding hydrogens is 236 g/mol. The third-order valence-corrected chi connectivity index (χ3v) is 3.50. The number of benzene rings is 1. The fourth-order valence-electron chi connectivity index (χ4n) is 1.59. The van der Waals surface area contributed by atoms with Crippen LogP contribution in [0.2, 0.25) is 0 Å². The molecular formula is C13H19Br. The lowest BCUT2D eigenvalue weighted by atomic mass is 9.96. The Bertz CT molecular complexity index is 278. The molecule has 0 nitrogen and oxygen atoms in total. The summed E-state index contributed by atoms with van der Waals surface area (Å²) in [6.45, 7) is 6.70. The normalized spacial score (nSPS) is 15.1. The Kier molecular flexibility index (Phi) is 4.67. The molecule has 0 aliphatic heterocycles. The summed E-state index contributed by atoms with van der Waals surface area (Å²) in [6.07, 6.45) is 2.42. The van der Waals surface area contributed by atoms with Gasteiger partial charge in [0, 0.05) is 4.83 Å². The van der Waals surface area contributed by atoms with Crippen molar-refractivity contribution in [3.05, 3.63) is 35.4 Å². The summed E-state index contributed by atoms with van der Waals surface area (Å²) in [5.41, 5.74) is 2.91. The molecule has 0 saturated heterocycles. The smallest absolute Gasteiger partial charge is 0.0183 e. The van der Waals surface area contributed by atoms with E-state index in [0.717, 1.165) is 0 Å². The first-order chi connectivity index (χ1) is 6.65. The molecule has 0 saturated carbocycles. The number of hydrogen-bond acceptors (Lipinski definition) is 0. The number of rotatable bonds is 4. The van der Waals surface area contributed by atoms with Gasteiger partial charge in [-0.2, -0.15) is 0 Å². The summed E-state index contributed by atoms with van der Waals surface area (Å²) in [7, 11) is 0. The second kappa shape index (κ2) is 5.55. The Morgan fingerprint density at radius 2 is 2.00 bits per heavy atom. The van der Waals surface area contributed by atoms with Crippen LogP contribution in [0.5, 0.6) is 0 Å². The van der Waals surface area contributed by atoms with Crippen LogP contribution in [0.15, 0.2) is 24.3 Å². The minimum absolute atomic E-state index is 0.541. The fraction of sp³-hybridized carbons (Fsp3) is 0.538. The minimum atomic E-state index is 0.541. The van der Waals surface area contributed by atoms with Crippen LogP contribution in [0.3, 0.4) is 0 Å². The largest absolute Gasteiger partial charge is 0.0887 e. The third kappa shape index (κ3) is 3.13. The van der Waals surface area contributed by atoms with Gasteiger partial charge in [-0.05, 0) is 23.5 Å². The van der Waals surface area contributed by atoms with Crippen LogP contribution >= 0.6 is 15.9 Å². The van der Waals surface area contributed by atoms with Gasteiger partial charge in [0.25, 0.3) is 0 Å². The van der Waals surface area contributed by atoms with Crippen LogP contribution in [0, 0.1) is 0 Å². The van der Waals surface area contributed by atoms with Gasteiger partial charge in [-0.25, -0.2) is 0 Å². The Morgan fingerprint density at radius 1 is 1.29 bits per heavy atom. The van der Waals surface area contributed by atoms with Crippen molar-refractivity contribution in [1.29, 1.82) is 0 Å². The first-order valence-electron chi connectivity index (χ1n) is 5.38. The van der Waals surface area contributed by atoms with Crippen molar-refractivity contribution in [3.8, 4) is 0 Å². The molecule has 0 aliphatic rings. The quantitative estimate of drug-likeness (QED) is 0.693. The van der Waals surface area contributed by atoms with Crippen molar-refractivity contribution in [2.75, 3.05) is 0 Å². The zero-order chi connectivity index (χ0) is 10.6. The Hall–Kier alpha value is -0.300. The molecule has 0 aromatic heterocycles. The second-order valence-electron chi connectivity index (χ2n) is 3.96. The van der Waals surface area contributed by atoms with Crippen molar-refractivity contribution in [1.82, 2.24) is 0 Å². The summed E-state index contributed by atoms with van der Waals surface area (Å²) in [5.74, 6) is 0.590. The molecule has 0 radical (unpaired) electrons. The van der Waals surface area contributed by atoms with Crippen molar-refractivity contribution < 1.29 is 0 Å². The number of halogens is 1. The monoisotopic (exact) mass is 254 g/mol. The molecule has 1 aromatic rings. The maximum Gasteiger partial charge on any atom is 0.0183 e. The summed E-state index contributed by atoms with van der Waals surface area (Å²) in [5, 5.41) is 0. The van der Waals surface area contributed by atoms with Gasteiger partial charge in [0.2, 0.25) is 0 Å². The van der Waals surface area contributed by atoms with E-state index in [0.29, 0.717) is 10.7 Å². The number of aryl methyl sites for hydroxylation is 1. The molecule has 0 bridgehead atoms. The summed E-state index contributed by atoms with van der Waals surface area (Å²) >= 11 is 3.64. The van der Waals surface area contributed by atoms with E-state index in [4.69, 9.17) is 0 Å². The third-order valence-electron chi connectivity index (χ3n) is 2.70. The lowest BCUT2D eigenvalue weighted by Crippen LogP contribution is -2.04. The molecule has 14 heavy (non-hydrogen) atoms. The molecule has 1 rings (SSSR count). The Balaban J connectivity index is 2.82. The summed E-state index contributed by atoms with van der Waals surface area (Å²) < 4.78 is 0. The van der Waals surface area contributed by atoms with Crippen LogP contribution in [-0.2, 0) is 6.42 Å². The van der Waals surface area contributed by atoms with Crippen LogP contribution in [0.1, 0.15) is 44.2 Å². The molecule has 0 fully saturated rings. The average molecular weight is 255 g/mol. The zero-order valence-corrected chi connectivity index (χ0v) is 10.8. The fourth-order valence-corrected chi connectivity index (χ4v) is 1.89. The van der Waals surface area contributed by atoms with Gasteiger partial charge in [-0.1, -0.05) is 67.4 Å². The Morgan fingerprint density at radius 3 is 2.57 bits per heavy atom. The molecule has 2 atom stereocenters. The van der Waals surface area contributed by atoms with E-state index in [2.05, 4.69) is 61.0 Å². The number of alkyl halides is 1. The van der Waals surface area contributed by atoms with Gasteiger partial charge in [-0.3, -0.25) is 0 Å². The maximum absolute atomic E-state index is 3.64. The summed E-state index contributed by atoms with van der Waals surface area (Å²) in [6, 6.07) is 8.96. The van der Waals surface area contributed by atoms with Crippen LogP contribution in [-0.4, -0.2) is 4.83 Å². The Labute approximate surface area is 95.9 Å². The molecule has 1 heteroatoms. The van der Waals surface area contributed by atoms with E-state index in [-0.39, 0.29) is 0 Å². The van der Waals surface area contributed by atoms with E-state index < -0.39 is 0 Å². The zero-order valence-electron chi connectivity index (χ0n) is 9.26. The van der Waals surface area contributed by atoms with E-state index in [9.17, 15) is 0 Å². The molecule has 0 N–H and O–H groups in total. The molecule has 1 aromatic carbocycles. The van der Waals surface area contributed by atoms with E-state index in [1.807, 2.05) is 0 Å². The predicted molar refractivity (Wildman–Crippen MR) is 67.2 cm³/mol. The second-order valence-corrected chi connectivity index (χ2v) is 5.41. The lowest BCUT2D eigenvalue weighted by molar-refractivity contribution is 0.758. The molecule has 78 valence electrons. The average Bonchev–Trinajstić information content (AvgIpc) is 2.17. The van der Waals surface area contributed by atoms with Crippen molar-refractivity contribution in [2.45, 2.75) is 44.4 Å². The highest BCUT2D eigenvalue weighted by Gasteiger charge is 2.10. The molecule has 2 unspecified atom stereocenters. The maximum atomic E-state index is 3.64. The predicted octanol–water partition coefficient (Wildman–Crippen LogP) is 4.53. The van der Waals surface area contributed by atoms with Gasteiger partial charge in [-0.15, -0.1) is 0 Å².